The van der Waals surface area contributed by atoms with Gasteiger partial charge in [0, 0.05) is 28.0 Å². The molecule has 23 heavy (non-hydrogen) atoms. The summed E-state index contributed by atoms with van der Waals surface area (Å²) in [6.45, 7) is 2.85. The van der Waals surface area contributed by atoms with Gasteiger partial charge in [-0.15, -0.1) is 0 Å². The van der Waals surface area contributed by atoms with Gasteiger partial charge in [0.05, 0.1) is 17.9 Å². The van der Waals surface area contributed by atoms with Crippen molar-refractivity contribution in [3.05, 3.63) is 88.2 Å². The van der Waals surface area contributed by atoms with Gasteiger partial charge in [-0.05, 0) is 36.2 Å². The molecular formula is C20H17ClN2. The molecule has 0 radical (unpaired) electrons. The number of hydrogen-bond acceptors (Lipinski definition) is 1. The minimum atomic E-state index is 0.677. The van der Waals surface area contributed by atoms with Crippen molar-refractivity contribution in [2.24, 2.45) is 4.99 Å². The maximum Gasteiger partial charge on any atom is 0.0803 e. The van der Waals surface area contributed by atoms with E-state index in [4.69, 9.17) is 16.6 Å². The third-order valence-electron chi connectivity index (χ3n) is 4.28. The second-order valence-electron chi connectivity index (χ2n) is 5.76. The number of benzene rings is 2. The minimum Gasteiger partial charge on any atom is -0.318 e. The van der Waals surface area contributed by atoms with Crippen molar-refractivity contribution < 1.29 is 0 Å². The fourth-order valence-electron chi connectivity index (χ4n) is 3.11. The molecule has 0 aliphatic carbocycles. The molecule has 0 N–H and O–H groups in total. The number of hydrogen-bond donors (Lipinski definition) is 0. The summed E-state index contributed by atoms with van der Waals surface area (Å²) in [7, 11) is 0. The van der Waals surface area contributed by atoms with Crippen LogP contribution in [0, 0.1) is 0 Å². The van der Waals surface area contributed by atoms with Crippen LogP contribution in [0.25, 0.3) is 5.69 Å². The minimum absolute atomic E-state index is 0.677. The highest BCUT2D eigenvalue weighted by Gasteiger charge is 2.19. The van der Waals surface area contributed by atoms with Gasteiger partial charge >= 0.3 is 0 Å². The maximum atomic E-state index is 6.28. The number of aromatic nitrogens is 1. The molecule has 0 saturated carbocycles. The topological polar surface area (TPSA) is 17.3 Å². The van der Waals surface area contributed by atoms with Gasteiger partial charge in [-0.1, -0.05) is 48.9 Å². The third-order valence-corrected chi connectivity index (χ3v) is 4.52. The molecule has 0 unspecified atom stereocenters. The molecule has 0 saturated heterocycles. The highest BCUT2D eigenvalue weighted by atomic mass is 35.5. The Kier molecular flexibility index (Phi) is 3.55. The lowest BCUT2D eigenvalue weighted by Gasteiger charge is -2.12. The molecule has 4 rings (SSSR count). The Bertz CT molecular complexity index is 891. The van der Waals surface area contributed by atoms with E-state index in [1.165, 1.54) is 11.3 Å². The molecule has 0 amide bonds. The van der Waals surface area contributed by atoms with Crippen LogP contribution in [-0.2, 0) is 13.0 Å². The zero-order valence-corrected chi connectivity index (χ0v) is 13.7. The average Bonchev–Trinajstić information content (AvgIpc) is 2.93. The lowest BCUT2D eigenvalue weighted by atomic mass is 10.0. The fourth-order valence-corrected chi connectivity index (χ4v) is 3.28. The van der Waals surface area contributed by atoms with E-state index in [0.29, 0.717) is 6.54 Å². The van der Waals surface area contributed by atoms with E-state index >= 15 is 0 Å². The monoisotopic (exact) mass is 320 g/mol. The van der Waals surface area contributed by atoms with E-state index in [0.717, 1.165) is 34.0 Å². The Morgan fingerprint density at radius 3 is 2.70 bits per heavy atom. The molecule has 2 aromatic carbocycles. The second kappa shape index (κ2) is 5.71. The summed E-state index contributed by atoms with van der Waals surface area (Å²) in [4.78, 5) is 4.90. The number of aliphatic imine (C=N–C) groups is 1. The Labute approximate surface area is 141 Å². The normalized spacial score (nSPS) is 13.0. The molecule has 114 valence electrons. The summed E-state index contributed by atoms with van der Waals surface area (Å²) in [5.74, 6) is 0. The zero-order chi connectivity index (χ0) is 15.8. The Balaban J connectivity index is 1.96. The summed E-state index contributed by atoms with van der Waals surface area (Å²) in [6, 6.07) is 18.6. The molecule has 0 fully saturated rings. The SMILES string of the molecule is CCc1cc2n(c1)-c1ccc(Cl)cc1C(c1ccccc1)=NC2. The summed E-state index contributed by atoms with van der Waals surface area (Å²) in [6.07, 6.45) is 3.24. The van der Waals surface area contributed by atoms with Gasteiger partial charge in [0.2, 0.25) is 0 Å². The van der Waals surface area contributed by atoms with Gasteiger partial charge in [-0.2, -0.15) is 0 Å². The van der Waals surface area contributed by atoms with E-state index in [-0.39, 0.29) is 0 Å². The first-order valence-electron chi connectivity index (χ1n) is 7.86. The largest absolute Gasteiger partial charge is 0.318 e. The van der Waals surface area contributed by atoms with Crippen LogP contribution in [0.15, 0.2) is 65.8 Å². The van der Waals surface area contributed by atoms with Crippen molar-refractivity contribution >= 4 is 17.3 Å². The van der Waals surface area contributed by atoms with Crippen LogP contribution >= 0.6 is 11.6 Å². The summed E-state index contributed by atoms with van der Waals surface area (Å²) in [5, 5.41) is 0.735. The first-order chi connectivity index (χ1) is 11.3. The average molecular weight is 321 g/mol. The molecule has 2 heterocycles. The van der Waals surface area contributed by atoms with Crippen LogP contribution in [-0.4, -0.2) is 10.3 Å². The van der Waals surface area contributed by atoms with Gasteiger partial charge in [-0.3, -0.25) is 4.99 Å². The van der Waals surface area contributed by atoms with E-state index in [2.05, 4.69) is 42.0 Å². The van der Waals surface area contributed by atoms with Crippen molar-refractivity contribution in [1.29, 1.82) is 0 Å². The van der Waals surface area contributed by atoms with Crippen LogP contribution in [0.3, 0.4) is 0 Å². The lowest BCUT2D eigenvalue weighted by molar-refractivity contribution is 0.924. The highest BCUT2D eigenvalue weighted by molar-refractivity contribution is 6.31. The molecule has 1 aromatic heterocycles. The zero-order valence-electron chi connectivity index (χ0n) is 13.0. The lowest BCUT2D eigenvalue weighted by Crippen LogP contribution is -2.06. The van der Waals surface area contributed by atoms with Gasteiger partial charge < -0.3 is 4.57 Å². The van der Waals surface area contributed by atoms with E-state index in [1.54, 1.807) is 0 Å². The van der Waals surface area contributed by atoms with Crippen LogP contribution < -0.4 is 0 Å². The predicted molar refractivity (Wildman–Crippen MR) is 95.9 cm³/mol. The highest BCUT2D eigenvalue weighted by Crippen LogP contribution is 2.29. The van der Waals surface area contributed by atoms with Crippen LogP contribution in [0.4, 0.5) is 0 Å². The quantitative estimate of drug-likeness (QED) is 0.629. The van der Waals surface area contributed by atoms with Gasteiger partial charge in [0.1, 0.15) is 0 Å². The van der Waals surface area contributed by atoms with Crippen molar-refractivity contribution in [2.75, 3.05) is 0 Å². The van der Waals surface area contributed by atoms with Gasteiger partial charge in [0.15, 0.2) is 0 Å². The Morgan fingerprint density at radius 2 is 1.91 bits per heavy atom. The van der Waals surface area contributed by atoms with Crippen LogP contribution in [0.2, 0.25) is 5.02 Å². The standard InChI is InChI=1S/C20H17ClN2/c1-2-14-10-17-12-22-20(15-6-4-3-5-7-15)18-11-16(21)8-9-19(18)23(17)13-14/h3-11,13H,2,12H2,1H3. The van der Waals surface area contributed by atoms with Crippen LogP contribution in [0.5, 0.6) is 0 Å². The number of nitrogens with zero attached hydrogens (tertiary/aromatic N) is 2. The molecule has 1 aliphatic heterocycles. The number of rotatable bonds is 2. The first-order valence-corrected chi connectivity index (χ1v) is 8.24. The molecular weight excluding hydrogens is 304 g/mol. The summed E-state index contributed by atoms with van der Waals surface area (Å²) >= 11 is 6.28. The second-order valence-corrected chi connectivity index (χ2v) is 6.19. The first kappa shape index (κ1) is 14.3. The smallest absolute Gasteiger partial charge is 0.0803 e. The molecule has 0 atom stereocenters. The predicted octanol–water partition coefficient (Wildman–Crippen LogP) is 5.04. The molecule has 1 aliphatic rings. The third kappa shape index (κ3) is 2.49. The van der Waals surface area contributed by atoms with Crippen molar-refractivity contribution in [2.45, 2.75) is 19.9 Å². The molecule has 0 spiro atoms. The summed E-state index contributed by atoms with van der Waals surface area (Å²) in [5.41, 5.74) is 6.91. The summed E-state index contributed by atoms with van der Waals surface area (Å²) < 4.78 is 2.25. The number of aryl methyl sites for hydroxylation is 1. The molecule has 0 bridgehead atoms. The van der Waals surface area contributed by atoms with Crippen molar-refractivity contribution in [3.8, 4) is 5.69 Å². The van der Waals surface area contributed by atoms with Crippen LogP contribution in [0.1, 0.15) is 29.3 Å². The number of halogens is 1. The maximum absolute atomic E-state index is 6.28. The molecule has 3 aromatic rings. The van der Waals surface area contributed by atoms with Crippen molar-refractivity contribution in [1.82, 2.24) is 4.57 Å². The van der Waals surface area contributed by atoms with E-state index < -0.39 is 0 Å². The molecule has 3 heteroatoms. The van der Waals surface area contributed by atoms with Gasteiger partial charge in [-0.25, -0.2) is 0 Å². The Hall–Kier alpha value is -2.32. The molecule has 2 nitrogen and oxygen atoms in total. The number of fused-ring (bicyclic) bond motifs is 3. The van der Waals surface area contributed by atoms with Gasteiger partial charge in [0.25, 0.3) is 0 Å². The van der Waals surface area contributed by atoms with E-state index in [9.17, 15) is 0 Å². The Morgan fingerprint density at radius 1 is 1.09 bits per heavy atom. The fraction of sp³-hybridized carbons (Fsp3) is 0.150. The van der Waals surface area contributed by atoms with E-state index in [1.807, 2.05) is 30.3 Å². The van der Waals surface area contributed by atoms with Crippen molar-refractivity contribution in [3.63, 3.8) is 0 Å².